The number of carbonyl (C=O) groups is 1. The Morgan fingerprint density at radius 3 is 2.41 bits per heavy atom. The molecule has 0 spiro atoms. The smallest absolute Gasteiger partial charge is 0.258 e. The second kappa shape index (κ2) is 10.9. The fourth-order valence-corrected chi connectivity index (χ4v) is 3.14. The molecule has 1 atom stereocenters. The Bertz CT molecular complexity index is 769. The Labute approximate surface area is 174 Å². The quantitative estimate of drug-likeness (QED) is 0.613. The molecule has 0 aromatic heterocycles. The standard InChI is InChI=1S/C24H34N2O3/c1-6-10-20(19-11-8-7-9-12-19)25-16-18-13-14-21(22(15-18)28-5)29-17-23(27)26-24(2,3)4/h7-9,11-15,20,25H,6,10,16-17H2,1-5H3,(H,26,27). The van der Waals surface area contributed by atoms with Crippen molar-refractivity contribution in [2.24, 2.45) is 0 Å². The molecule has 29 heavy (non-hydrogen) atoms. The van der Waals surface area contributed by atoms with Crippen LogP contribution in [0.5, 0.6) is 11.5 Å². The molecule has 0 radical (unpaired) electrons. The van der Waals surface area contributed by atoms with Crippen LogP contribution < -0.4 is 20.1 Å². The van der Waals surface area contributed by atoms with Crippen molar-refractivity contribution in [2.45, 2.75) is 58.7 Å². The summed E-state index contributed by atoms with van der Waals surface area (Å²) in [7, 11) is 1.61. The first-order valence-corrected chi connectivity index (χ1v) is 10.2. The Morgan fingerprint density at radius 1 is 1.07 bits per heavy atom. The topological polar surface area (TPSA) is 59.6 Å². The number of hydrogen-bond acceptors (Lipinski definition) is 4. The van der Waals surface area contributed by atoms with Crippen molar-refractivity contribution in [1.82, 2.24) is 10.6 Å². The van der Waals surface area contributed by atoms with Crippen LogP contribution >= 0.6 is 0 Å². The minimum Gasteiger partial charge on any atom is -0.493 e. The van der Waals surface area contributed by atoms with Gasteiger partial charge >= 0.3 is 0 Å². The number of hydrogen-bond donors (Lipinski definition) is 2. The van der Waals surface area contributed by atoms with Gasteiger partial charge in [0, 0.05) is 18.1 Å². The average Bonchev–Trinajstić information content (AvgIpc) is 2.69. The predicted octanol–water partition coefficient (Wildman–Crippen LogP) is 4.62. The lowest BCUT2D eigenvalue weighted by atomic mass is 10.0. The molecule has 2 aromatic rings. The number of carbonyl (C=O) groups excluding carboxylic acids is 1. The number of benzene rings is 2. The van der Waals surface area contributed by atoms with Crippen LogP contribution in [0.1, 0.15) is 57.7 Å². The van der Waals surface area contributed by atoms with Crippen molar-refractivity contribution in [3.63, 3.8) is 0 Å². The molecule has 5 nitrogen and oxygen atoms in total. The second-order valence-electron chi connectivity index (χ2n) is 8.20. The van der Waals surface area contributed by atoms with Gasteiger partial charge in [0.05, 0.1) is 7.11 Å². The zero-order valence-electron chi connectivity index (χ0n) is 18.2. The summed E-state index contributed by atoms with van der Waals surface area (Å²) in [6, 6.07) is 16.6. The fraction of sp³-hybridized carbons (Fsp3) is 0.458. The van der Waals surface area contributed by atoms with E-state index in [-0.39, 0.29) is 18.1 Å². The zero-order valence-corrected chi connectivity index (χ0v) is 18.2. The molecule has 2 rings (SSSR count). The highest BCUT2D eigenvalue weighted by atomic mass is 16.5. The molecule has 5 heteroatoms. The largest absolute Gasteiger partial charge is 0.493 e. The molecule has 0 aliphatic heterocycles. The maximum absolute atomic E-state index is 12.0. The van der Waals surface area contributed by atoms with Gasteiger partial charge in [-0.15, -0.1) is 0 Å². The Kier molecular flexibility index (Phi) is 8.52. The summed E-state index contributed by atoms with van der Waals surface area (Å²) in [6.07, 6.45) is 2.19. The van der Waals surface area contributed by atoms with Gasteiger partial charge in [0.15, 0.2) is 18.1 Å². The summed E-state index contributed by atoms with van der Waals surface area (Å²) >= 11 is 0. The summed E-state index contributed by atoms with van der Waals surface area (Å²) in [5.74, 6) is 1.03. The zero-order chi connectivity index (χ0) is 21.3. The van der Waals surface area contributed by atoms with E-state index in [2.05, 4.69) is 41.8 Å². The maximum atomic E-state index is 12.0. The maximum Gasteiger partial charge on any atom is 0.258 e. The first-order valence-electron chi connectivity index (χ1n) is 10.2. The minimum atomic E-state index is -0.284. The normalized spacial score (nSPS) is 12.3. The molecule has 0 aliphatic carbocycles. The van der Waals surface area contributed by atoms with E-state index in [1.54, 1.807) is 7.11 Å². The molecule has 1 unspecified atom stereocenters. The summed E-state index contributed by atoms with van der Waals surface area (Å²) in [5.41, 5.74) is 2.12. The van der Waals surface area contributed by atoms with Gasteiger partial charge in [-0.3, -0.25) is 4.79 Å². The van der Waals surface area contributed by atoms with Gasteiger partial charge in [-0.25, -0.2) is 0 Å². The van der Waals surface area contributed by atoms with Crippen LogP contribution in [0.3, 0.4) is 0 Å². The summed E-state index contributed by atoms with van der Waals surface area (Å²) < 4.78 is 11.1. The summed E-state index contributed by atoms with van der Waals surface area (Å²) in [4.78, 5) is 12.0. The van der Waals surface area contributed by atoms with Crippen molar-refractivity contribution in [3.05, 3.63) is 59.7 Å². The van der Waals surface area contributed by atoms with Gasteiger partial charge < -0.3 is 20.1 Å². The molecule has 0 bridgehead atoms. The number of nitrogens with one attached hydrogen (secondary N) is 2. The molecule has 0 saturated carbocycles. The van der Waals surface area contributed by atoms with Gasteiger partial charge in [0.1, 0.15) is 0 Å². The second-order valence-corrected chi connectivity index (χ2v) is 8.20. The van der Waals surface area contributed by atoms with E-state index in [4.69, 9.17) is 9.47 Å². The van der Waals surface area contributed by atoms with E-state index in [0.29, 0.717) is 17.5 Å². The molecule has 2 N–H and O–H groups in total. The van der Waals surface area contributed by atoms with E-state index in [1.165, 1.54) is 5.56 Å². The number of amides is 1. The van der Waals surface area contributed by atoms with Crippen molar-refractivity contribution < 1.29 is 14.3 Å². The molecule has 1 amide bonds. The molecule has 0 fully saturated rings. The lowest BCUT2D eigenvalue weighted by Gasteiger charge is -2.21. The van der Waals surface area contributed by atoms with Crippen LogP contribution in [0.15, 0.2) is 48.5 Å². The van der Waals surface area contributed by atoms with Crippen LogP contribution in [0, 0.1) is 0 Å². The first-order chi connectivity index (χ1) is 13.8. The highest BCUT2D eigenvalue weighted by molar-refractivity contribution is 5.78. The van der Waals surface area contributed by atoms with E-state index in [9.17, 15) is 4.79 Å². The van der Waals surface area contributed by atoms with E-state index >= 15 is 0 Å². The monoisotopic (exact) mass is 398 g/mol. The molecule has 2 aromatic carbocycles. The number of ether oxygens (including phenoxy) is 2. The Hall–Kier alpha value is -2.53. The van der Waals surface area contributed by atoms with Gasteiger partial charge in [0.25, 0.3) is 5.91 Å². The Morgan fingerprint density at radius 2 is 1.79 bits per heavy atom. The van der Waals surface area contributed by atoms with Gasteiger partial charge in [-0.2, -0.15) is 0 Å². The van der Waals surface area contributed by atoms with E-state index in [1.807, 2.05) is 45.0 Å². The Balaban J connectivity index is 1.99. The molecule has 0 saturated heterocycles. The van der Waals surface area contributed by atoms with Gasteiger partial charge in [0.2, 0.25) is 0 Å². The van der Waals surface area contributed by atoms with Crippen LogP contribution in [0.25, 0.3) is 0 Å². The van der Waals surface area contributed by atoms with Crippen molar-refractivity contribution in [2.75, 3.05) is 13.7 Å². The van der Waals surface area contributed by atoms with Crippen molar-refractivity contribution in [3.8, 4) is 11.5 Å². The third-order valence-electron chi connectivity index (χ3n) is 4.43. The minimum absolute atomic E-state index is 0.0438. The summed E-state index contributed by atoms with van der Waals surface area (Å²) in [6.45, 7) is 8.69. The molecule has 0 heterocycles. The fourth-order valence-electron chi connectivity index (χ4n) is 3.14. The highest BCUT2D eigenvalue weighted by Gasteiger charge is 2.15. The molecular weight excluding hydrogens is 364 g/mol. The first kappa shape index (κ1) is 22.8. The lowest BCUT2D eigenvalue weighted by molar-refractivity contribution is -0.124. The van der Waals surface area contributed by atoms with Gasteiger partial charge in [-0.1, -0.05) is 49.7 Å². The third-order valence-corrected chi connectivity index (χ3v) is 4.43. The lowest BCUT2D eigenvalue weighted by Crippen LogP contribution is -2.43. The van der Waals surface area contributed by atoms with E-state index in [0.717, 1.165) is 24.9 Å². The third kappa shape index (κ3) is 7.78. The predicted molar refractivity (Wildman–Crippen MR) is 117 cm³/mol. The van der Waals surface area contributed by atoms with Gasteiger partial charge in [-0.05, 0) is 50.5 Å². The highest BCUT2D eigenvalue weighted by Crippen LogP contribution is 2.28. The van der Waals surface area contributed by atoms with Crippen LogP contribution in [-0.2, 0) is 11.3 Å². The number of rotatable bonds is 10. The molecule has 158 valence electrons. The average molecular weight is 399 g/mol. The van der Waals surface area contributed by atoms with Crippen molar-refractivity contribution >= 4 is 5.91 Å². The van der Waals surface area contributed by atoms with Crippen LogP contribution in [0.2, 0.25) is 0 Å². The molecule has 0 aliphatic rings. The van der Waals surface area contributed by atoms with E-state index < -0.39 is 0 Å². The molecular formula is C24H34N2O3. The SMILES string of the molecule is CCCC(NCc1ccc(OCC(=O)NC(C)(C)C)c(OC)c1)c1ccccc1. The summed E-state index contributed by atoms with van der Waals surface area (Å²) in [5, 5.41) is 6.52. The number of methoxy groups -OCH3 is 1. The van der Waals surface area contributed by atoms with Crippen LogP contribution in [0.4, 0.5) is 0 Å². The van der Waals surface area contributed by atoms with Crippen molar-refractivity contribution in [1.29, 1.82) is 0 Å². The van der Waals surface area contributed by atoms with Crippen LogP contribution in [-0.4, -0.2) is 25.2 Å².